The first-order valence-electron chi connectivity index (χ1n) is 13.5. The smallest absolute Gasteiger partial charge is 0.188 e. The second kappa shape index (κ2) is 9.22. The fourth-order valence-corrected chi connectivity index (χ4v) is 11.8. The summed E-state index contributed by atoms with van der Waals surface area (Å²) in [6, 6.07) is 50.9. The maximum absolute atomic E-state index is 6.75. The van der Waals surface area contributed by atoms with Crippen LogP contribution in [0, 0.1) is 3.57 Å². The van der Waals surface area contributed by atoms with E-state index in [1.54, 1.807) is 0 Å². The van der Waals surface area contributed by atoms with Crippen LogP contribution in [0.25, 0.3) is 32.9 Å². The van der Waals surface area contributed by atoms with E-state index in [9.17, 15) is 0 Å². The monoisotopic (exact) mass is 641 g/mol. The molecule has 0 radical (unpaired) electrons. The first-order valence-corrected chi connectivity index (χ1v) is 16.5. The van der Waals surface area contributed by atoms with Gasteiger partial charge >= 0.3 is 0 Å². The SMILES string of the molecule is Ic1ccc(-c2cccc([Si]3(c4ccccc4)c4ccccc4Oc4cc5c(cc43)[nH]c3ccccc35)c2)cc1. The molecule has 2 nitrogen and oxygen atoms in total. The minimum Gasteiger partial charge on any atom is -0.458 e. The summed E-state index contributed by atoms with van der Waals surface area (Å²) >= 11 is 2.37. The van der Waals surface area contributed by atoms with E-state index >= 15 is 0 Å². The van der Waals surface area contributed by atoms with Gasteiger partial charge in [0.15, 0.2) is 8.07 Å². The molecule has 7 aromatic rings. The van der Waals surface area contributed by atoms with E-state index in [2.05, 4.69) is 167 Å². The highest BCUT2D eigenvalue weighted by Gasteiger charge is 2.48. The quantitative estimate of drug-likeness (QED) is 0.162. The number of fused-ring (bicyclic) bond motifs is 5. The van der Waals surface area contributed by atoms with Crippen molar-refractivity contribution in [1.29, 1.82) is 0 Å². The van der Waals surface area contributed by atoms with Crippen LogP contribution in [-0.2, 0) is 0 Å². The first kappa shape index (κ1) is 23.7. The Kier molecular flexibility index (Phi) is 5.47. The lowest BCUT2D eigenvalue weighted by Crippen LogP contribution is -2.76. The van der Waals surface area contributed by atoms with E-state index in [0.717, 1.165) is 22.5 Å². The molecular weight excluding hydrogens is 617 g/mol. The average Bonchev–Trinajstić information content (AvgIpc) is 3.37. The molecule has 1 atom stereocenters. The Morgan fingerprint density at radius 2 is 1.25 bits per heavy atom. The Bertz CT molecular complexity index is 2050. The number of halogens is 1. The Morgan fingerprint density at radius 1 is 0.500 bits per heavy atom. The predicted molar refractivity (Wildman–Crippen MR) is 178 cm³/mol. The number of aromatic amines is 1. The molecule has 0 saturated heterocycles. The minimum atomic E-state index is -2.76. The highest BCUT2D eigenvalue weighted by Crippen LogP contribution is 2.35. The van der Waals surface area contributed by atoms with Gasteiger partial charge in [0.1, 0.15) is 11.5 Å². The lowest BCUT2D eigenvalue weighted by molar-refractivity contribution is 0.488. The summed E-state index contributed by atoms with van der Waals surface area (Å²) in [4.78, 5) is 3.70. The van der Waals surface area contributed by atoms with Gasteiger partial charge in [-0.3, -0.25) is 0 Å². The molecule has 1 aliphatic heterocycles. The normalized spacial score (nSPS) is 15.9. The summed E-state index contributed by atoms with van der Waals surface area (Å²) in [5.41, 5.74) is 4.75. The van der Waals surface area contributed by atoms with Crippen molar-refractivity contribution < 1.29 is 4.74 Å². The minimum absolute atomic E-state index is 0.948. The van der Waals surface area contributed by atoms with Crippen molar-refractivity contribution in [3.63, 3.8) is 0 Å². The zero-order chi connectivity index (χ0) is 26.7. The fourth-order valence-electron chi connectivity index (χ4n) is 6.44. The highest BCUT2D eigenvalue weighted by molar-refractivity contribution is 14.1. The maximum atomic E-state index is 6.75. The molecule has 6 aromatic carbocycles. The van der Waals surface area contributed by atoms with Crippen molar-refractivity contribution >= 4 is 73.2 Å². The molecule has 1 aliphatic rings. The number of para-hydroxylation sites is 2. The molecule has 1 N–H and O–H groups in total. The second-order valence-electron chi connectivity index (χ2n) is 10.4. The Hall–Kier alpha value is -4.13. The van der Waals surface area contributed by atoms with Gasteiger partial charge in [-0.2, -0.15) is 0 Å². The van der Waals surface area contributed by atoms with Gasteiger partial charge in [0, 0.05) is 25.4 Å². The van der Waals surface area contributed by atoms with Crippen molar-refractivity contribution in [2.45, 2.75) is 0 Å². The number of aromatic nitrogens is 1. The van der Waals surface area contributed by atoms with E-state index in [1.807, 2.05) is 0 Å². The summed E-state index contributed by atoms with van der Waals surface area (Å²) < 4.78 is 7.99. The van der Waals surface area contributed by atoms with Gasteiger partial charge in [-0.1, -0.05) is 103 Å². The number of nitrogens with one attached hydrogen (secondary N) is 1. The van der Waals surface area contributed by atoms with Crippen molar-refractivity contribution in [3.05, 3.63) is 143 Å². The number of hydrogen-bond acceptors (Lipinski definition) is 1. The molecular formula is C36H24INOSi. The Labute approximate surface area is 247 Å². The molecule has 1 aromatic heterocycles. The van der Waals surface area contributed by atoms with Crippen LogP contribution < -0.4 is 25.5 Å². The van der Waals surface area contributed by atoms with Gasteiger partial charge in [-0.15, -0.1) is 0 Å². The first-order chi connectivity index (χ1) is 19.7. The van der Waals surface area contributed by atoms with Crippen LogP contribution in [0.2, 0.25) is 0 Å². The van der Waals surface area contributed by atoms with Crippen LogP contribution in [0.5, 0.6) is 11.5 Å². The van der Waals surface area contributed by atoms with Gasteiger partial charge < -0.3 is 9.72 Å². The topological polar surface area (TPSA) is 25.0 Å². The molecule has 1 unspecified atom stereocenters. The van der Waals surface area contributed by atoms with E-state index in [-0.39, 0.29) is 0 Å². The standard InChI is InChI=1S/C36H24INOSi/c37-26-19-17-24(18-20-26)25-9-8-12-28(21-25)40(27-10-2-1-3-11-27)35-16-7-6-15-33(35)39-34-22-30-29-13-4-5-14-31(29)38-32(30)23-36(34)40/h1-23,38H. The van der Waals surface area contributed by atoms with Gasteiger partial charge in [-0.25, -0.2) is 0 Å². The molecule has 190 valence electrons. The Morgan fingerprint density at radius 3 is 2.12 bits per heavy atom. The van der Waals surface area contributed by atoms with Crippen LogP contribution >= 0.6 is 22.6 Å². The van der Waals surface area contributed by atoms with E-state index in [0.29, 0.717) is 0 Å². The molecule has 2 heterocycles. The van der Waals surface area contributed by atoms with Crippen molar-refractivity contribution in [3.8, 4) is 22.6 Å². The van der Waals surface area contributed by atoms with Gasteiger partial charge in [-0.05, 0) is 90.9 Å². The molecule has 4 heteroatoms. The molecule has 0 aliphatic carbocycles. The molecule has 40 heavy (non-hydrogen) atoms. The predicted octanol–water partition coefficient (Wildman–Crippen LogP) is 7.08. The molecule has 0 amide bonds. The van der Waals surface area contributed by atoms with Gasteiger partial charge in [0.2, 0.25) is 0 Å². The Balaban J connectivity index is 1.49. The molecule has 0 bridgehead atoms. The van der Waals surface area contributed by atoms with E-state index < -0.39 is 8.07 Å². The fraction of sp³-hybridized carbons (Fsp3) is 0. The third kappa shape index (κ3) is 3.53. The lowest BCUT2D eigenvalue weighted by atomic mass is 10.1. The number of hydrogen-bond donors (Lipinski definition) is 1. The summed E-state index contributed by atoms with van der Waals surface area (Å²) in [5, 5.41) is 7.66. The van der Waals surface area contributed by atoms with Crippen LogP contribution in [-0.4, -0.2) is 13.1 Å². The van der Waals surface area contributed by atoms with Crippen molar-refractivity contribution in [1.82, 2.24) is 4.98 Å². The second-order valence-corrected chi connectivity index (χ2v) is 15.3. The summed E-state index contributed by atoms with van der Waals surface area (Å²) in [6.07, 6.45) is 0. The third-order valence-corrected chi connectivity index (χ3v) is 13.7. The van der Waals surface area contributed by atoms with Gasteiger partial charge in [0.25, 0.3) is 0 Å². The summed E-state index contributed by atoms with van der Waals surface area (Å²) in [6.45, 7) is 0. The van der Waals surface area contributed by atoms with Crippen molar-refractivity contribution in [2.24, 2.45) is 0 Å². The molecule has 0 saturated carbocycles. The van der Waals surface area contributed by atoms with Crippen LogP contribution in [0.3, 0.4) is 0 Å². The van der Waals surface area contributed by atoms with Crippen LogP contribution in [0.4, 0.5) is 0 Å². The largest absolute Gasteiger partial charge is 0.458 e. The number of benzene rings is 6. The van der Waals surface area contributed by atoms with Crippen molar-refractivity contribution in [2.75, 3.05) is 0 Å². The highest BCUT2D eigenvalue weighted by atomic mass is 127. The molecule has 0 spiro atoms. The number of ether oxygens (including phenoxy) is 1. The number of H-pyrrole nitrogens is 1. The zero-order valence-corrected chi connectivity index (χ0v) is 24.7. The molecule has 0 fully saturated rings. The van der Waals surface area contributed by atoms with Gasteiger partial charge in [0.05, 0.1) is 0 Å². The molecule has 8 rings (SSSR count). The summed E-state index contributed by atoms with van der Waals surface area (Å²) in [5.74, 6) is 1.90. The average molecular weight is 642 g/mol. The van der Waals surface area contributed by atoms with E-state index in [1.165, 1.54) is 46.2 Å². The lowest BCUT2D eigenvalue weighted by Gasteiger charge is -2.39. The number of rotatable bonds is 3. The van der Waals surface area contributed by atoms with E-state index in [4.69, 9.17) is 4.74 Å². The zero-order valence-electron chi connectivity index (χ0n) is 21.6. The maximum Gasteiger partial charge on any atom is 0.188 e. The van der Waals surface area contributed by atoms with Crippen LogP contribution in [0.1, 0.15) is 0 Å². The summed E-state index contributed by atoms with van der Waals surface area (Å²) in [7, 11) is -2.76. The van der Waals surface area contributed by atoms with Crippen LogP contribution in [0.15, 0.2) is 140 Å². The third-order valence-electron chi connectivity index (χ3n) is 8.20.